The van der Waals surface area contributed by atoms with Gasteiger partial charge in [0, 0.05) is 41.9 Å². The second-order valence-electron chi connectivity index (χ2n) is 14.9. The highest BCUT2D eigenvalue weighted by Gasteiger charge is 2.47. The molecule has 0 unspecified atom stereocenters. The molecule has 2 aromatic carbocycles. The molecular weight excluding hydrogens is 548 g/mol. The van der Waals surface area contributed by atoms with Crippen molar-refractivity contribution in [1.29, 1.82) is 0 Å². The topological polar surface area (TPSA) is 67.9 Å². The Morgan fingerprint density at radius 3 is 2.23 bits per heavy atom. The Hall–Kier alpha value is -3.38. The predicted octanol–water partition coefficient (Wildman–Crippen LogP) is 7.94. The van der Waals surface area contributed by atoms with Gasteiger partial charge in [0.25, 0.3) is 0 Å². The molecule has 0 saturated heterocycles. The number of amides is 1. The zero-order valence-electron chi connectivity index (χ0n) is 27.7. The van der Waals surface area contributed by atoms with Gasteiger partial charge >= 0.3 is 12.1 Å². The highest BCUT2D eigenvalue weighted by Crippen LogP contribution is 2.56. The van der Waals surface area contributed by atoms with Crippen LogP contribution in [0.5, 0.6) is 0 Å². The van der Waals surface area contributed by atoms with E-state index in [9.17, 15) is 9.59 Å². The molecule has 1 atom stereocenters. The molecule has 0 aromatic heterocycles. The van der Waals surface area contributed by atoms with Gasteiger partial charge in [-0.3, -0.25) is 4.90 Å². The average Bonchev–Trinajstić information content (AvgIpc) is 2.99. The first-order valence-corrected chi connectivity index (χ1v) is 16.1. The number of hydrogen-bond acceptors (Lipinski definition) is 5. The Morgan fingerprint density at radius 2 is 1.61 bits per heavy atom. The molecule has 44 heavy (non-hydrogen) atoms. The summed E-state index contributed by atoms with van der Waals surface area (Å²) in [5.74, 6) is -0.306. The van der Waals surface area contributed by atoms with Crippen molar-refractivity contribution < 1.29 is 19.1 Å². The van der Waals surface area contributed by atoms with E-state index in [1.54, 1.807) is 0 Å². The molecule has 1 fully saturated rings. The molecule has 0 spiro atoms. The van der Waals surface area contributed by atoms with Crippen molar-refractivity contribution in [1.82, 2.24) is 10.2 Å². The van der Waals surface area contributed by atoms with Crippen LogP contribution in [-0.4, -0.2) is 55.3 Å². The van der Waals surface area contributed by atoms with E-state index in [4.69, 9.17) is 9.47 Å². The first kappa shape index (κ1) is 32.0. The predicted molar refractivity (Wildman–Crippen MR) is 177 cm³/mol. The first-order valence-electron chi connectivity index (χ1n) is 16.1. The molecule has 1 amide bonds. The Morgan fingerprint density at radius 1 is 0.955 bits per heavy atom. The molecule has 1 aliphatic heterocycles. The van der Waals surface area contributed by atoms with E-state index in [2.05, 4.69) is 85.6 Å². The Balaban J connectivity index is 1.29. The minimum Gasteiger partial charge on any atom is -0.465 e. The fourth-order valence-corrected chi connectivity index (χ4v) is 8.06. The molecule has 6 nitrogen and oxygen atoms in total. The number of ether oxygens (including phenoxy) is 2. The van der Waals surface area contributed by atoms with E-state index >= 15 is 0 Å². The van der Waals surface area contributed by atoms with Gasteiger partial charge in [0.05, 0.1) is 12.7 Å². The molecule has 2 aliphatic carbocycles. The molecule has 3 aliphatic rings. The number of allylic oxidation sites excluding steroid dienone is 2. The van der Waals surface area contributed by atoms with E-state index in [0.29, 0.717) is 18.2 Å². The molecule has 2 aromatic rings. The summed E-state index contributed by atoms with van der Waals surface area (Å²) in [6.45, 7) is 15.4. The molecule has 1 saturated carbocycles. The minimum absolute atomic E-state index is 0.0729. The lowest BCUT2D eigenvalue weighted by Gasteiger charge is -2.53. The summed E-state index contributed by atoms with van der Waals surface area (Å²) in [7, 11) is 1.42. The summed E-state index contributed by atoms with van der Waals surface area (Å²) < 4.78 is 10.5. The van der Waals surface area contributed by atoms with Crippen LogP contribution in [0.15, 0.2) is 72.3 Å². The molecular formula is C38H50N2O4. The third-order valence-corrected chi connectivity index (χ3v) is 10.2. The zero-order chi connectivity index (χ0) is 31.8. The van der Waals surface area contributed by atoms with Gasteiger partial charge in [-0.1, -0.05) is 81.0 Å². The van der Waals surface area contributed by atoms with Crippen molar-refractivity contribution in [2.45, 2.75) is 90.7 Å². The molecule has 1 N–H and O–H groups in total. The number of carbonyl (C=O) groups is 2. The summed E-state index contributed by atoms with van der Waals surface area (Å²) >= 11 is 0. The highest BCUT2D eigenvalue weighted by molar-refractivity contribution is 5.90. The number of esters is 1. The summed E-state index contributed by atoms with van der Waals surface area (Å²) in [6, 6.07) is 19.1. The maximum absolute atomic E-state index is 12.6. The van der Waals surface area contributed by atoms with Crippen LogP contribution in [0.25, 0.3) is 5.57 Å². The van der Waals surface area contributed by atoms with Crippen LogP contribution in [0, 0.1) is 10.8 Å². The van der Waals surface area contributed by atoms with Crippen LogP contribution in [0.3, 0.4) is 0 Å². The van der Waals surface area contributed by atoms with Crippen LogP contribution in [0.2, 0.25) is 0 Å². The van der Waals surface area contributed by atoms with Crippen molar-refractivity contribution in [2.75, 3.05) is 26.7 Å². The first-order chi connectivity index (χ1) is 20.8. The molecule has 5 rings (SSSR count). The number of alkyl carbamates (subject to hydrolysis) is 1. The zero-order valence-corrected chi connectivity index (χ0v) is 27.7. The number of methoxy groups -OCH3 is 1. The van der Waals surface area contributed by atoms with Crippen molar-refractivity contribution in [2.24, 2.45) is 10.8 Å². The smallest absolute Gasteiger partial charge is 0.407 e. The number of nitrogens with one attached hydrogen (secondary N) is 1. The van der Waals surface area contributed by atoms with Gasteiger partial charge in [0.15, 0.2) is 0 Å². The van der Waals surface area contributed by atoms with Gasteiger partial charge in [-0.15, -0.1) is 0 Å². The number of carbonyl (C=O) groups excluding carboxylic acids is 2. The van der Waals surface area contributed by atoms with Crippen molar-refractivity contribution in [3.05, 3.63) is 89.0 Å². The Kier molecular flexibility index (Phi) is 8.87. The maximum Gasteiger partial charge on any atom is 0.407 e. The Bertz CT molecular complexity index is 1410. The lowest BCUT2D eigenvalue weighted by atomic mass is 9.58. The lowest BCUT2D eigenvalue weighted by Crippen LogP contribution is -2.53. The van der Waals surface area contributed by atoms with Gasteiger partial charge in [-0.05, 0) is 81.7 Å². The van der Waals surface area contributed by atoms with E-state index in [0.717, 1.165) is 50.8 Å². The fraction of sp³-hybridized carbons (Fsp3) is 0.526. The number of benzene rings is 2. The maximum atomic E-state index is 12.6. The normalized spacial score (nSPS) is 26.9. The SMILES string of the molecule is COC(=O)c1ccc(C2=CC[C@]3(C)CN(C4CCC(CNC(=O)OC(C)(C)C)(c5ccccc5)CC4)CC=C3C2(C)C)cc1. The van der Waals surface area contributed by atoms with Crippen molar-refractivity contribution >= 4 is 17.6 Å². The van der Waals surface area contributed by atoms with E-state index in [1.165, 1.54) is 23.8 Å². The van der Waals surface area contributed by atoms with Crippen LogP contribution >= 0.6 is 0 Å². The monoisotopic (exact) mass is 598 g/mol. The highest BCUT2D eigenvalue weighted by atomic mass is 16.6. The standard InChI is InChI=1S/C38H50N2O4/c1-35(2,3)44-34(42)39-25-38(29-11-9-8-10-12-29)22-17-30(18-23-38)40-24-20-32-36(4,5)31(19-21-37(32,6)26-40)27-13-15-28(16-14-27)33(41)43-7/h8-16,19-20,30H,17-18,21-26H2,1-7H3,(H,39,42)/t30?,37-,38?/m1/s1. The van der Waals surface area contributed by atoms with E-state index < -0.39 is 5.60 Å². The second kappa shape index (κ2) is 12.2. The summed E-state index contributed by atoms with van der Waals surface area (Å²) in [6.07, 6.45) is 9.83. The fourth-order valence-electron chi connectivity index (χ4n) is 8.06. The second-order valence-corrected chi connectivity index (χ2v) is 14.9. The van der Waals surface area contributed by atoms with E-state index in [1.807, 2.05) is 32.9 Å². The van der Waals surface area contributed by atoms with Crippen LogP contribution in [0.4, 0.5) is 4.79 Å². The van der Waals surface area contributed by atoms with Gasteiger partial charge in [-0.25, -0.2) is 9.59 Å². The largest absolute Gasteiger partial charge is 0.465 e. The molecule has 6 heteroatoms. The Labute approximate surface area is 263 Å². The van der Waals surface area contributed by atoms with Gasteiger partial charge < -0.3 is 14.8 Å². The third-order valence-electron chi connectivity index (χ3n) is 10.2. The quantitative estimate of drug-likeness (QED) is 0.270. The minimum atomic E-state index is -0.517. The third kappa shape index (κ3) is 6.51. The van der Waals surface area contributed by atoms with Gasteiger partial charge in [-0.2, -0.15) is 0 Å². The van der Waals surface area contributed by atoms with Crippen molar-refractivity contribution in [3.63, 3.8) is 0 Å². The van der Waals surface area contributed by atoms with Gasteiger partial charge in [0.2, 0.25) is 0 Å². The number of hydrogen-bond donors (Lipinski definition) is 1. The summed E-state index contributed by atoms with van der Waals surface area (Å²) in [4.78, 5) is 27.3. The van der Waals surface area contributed by atoms with Crippen LogP contribution in [-0.2, 0) is 14.9 Å². The molecule has 1 heterocycles. The van der Waals surface area contributed by atoms with E-state index in [-0.39, 0.29) is 28.3 Å². The average molecular weight is 599 g/mol. The molecule has 0 radical (unpaired) electrons. The number of rotatable bonds is 6. The number of nitrogens with zero attached hydrogens (tertiary/aromatic N) is 1. The summed E-state index contributed by atoms with van der Waals surface area (Å²) in [5.41, 5.74) is 5.25. The van der Waals surface area contributed by atoms with Crippen molar-refractivity contribution in [3.8, 4) is 0 Å². The lowest BCUT2D eigenvalue weighted by molar-refractivity contribution is 0.0485. The van der Waals surface area contributed by atoms with Crippen LogP contribution < -0.4 is 5.32 Å². The van der Waals surface area contributed by atoms with Gasteiger partial charge in [0.1, 0.15) is 5.60 Å². The van der Waals surface area contributed by atoms with Crippen LogP contribution in [0.1, 0.15) is 95.1 Å². The number of fused-ring (bicyclic) bond motifs is 1. The molecule has 0 bridgehead atoms. The summed E-state index contributed by atoms with van der Waals surface area (Å²) in [5, 5.41) is 3.11. The molecule has 236 valence electrons.